The summed E-state index contributed by atoms with van der Waals surface area (Å²) < 4.78 is 1.05. The van der Waals surface area contributed by atoms with Crippen LogP contribution in [0.15, 0.2) is 28.7 Å². The van der Waals surface area contributed by atoms with Crippen LogP contribution in [0.4, 0.5) is 0 Å². The second-order valence-corrected chi connectivity index (χ2v) is 6.49. The lowest BCUT2D eigenvalue weighted by atomic mass is 9.93. The van der Waals surface area contributed by atoms with E-state index in [1.54, 1.807) is 0 Å². The van der Waals surface area contributed by atoms with E-state index in [-0.39, 0.29) is 11.9 Å². The second-order valence-electron chi connectivity index (χ2n) is 5.58. The molecule has 1 aliphatic rings. The van der Waals surface area contributed by atoms with E-state index >= 15 is 0 Å². The molecule has 0 aromatic heterocycles. The molecule has 1 aromatic carbocycles. The molecule has 110 valence electrons. The van der Waals surface area contributed by atoms with Crippen LogP contribution in [0.5, 0.6) is 0 Å². The summed E-state index contributed by atoms with van der Waals surface area (Å²) in [4.78, 5) is 12.0. The molecule has 2 N–H and O–H groups in total. The number of nitrogens with one attached hydrogen (secondary N) is 2. The van der Waals surface area contributed by atoms with Crippen LogP contribution < -0.4 is 10.6 Å². The molecule has 4 heteroatoms. The molecule has 1 amide bonds. The fraction of sp³-hybridized carbons (Fsp3) is 0.562. The fourth-order valence-electron chi connectivity index (χ4n) is 2.68. The van der Waals surface area contributed by atoms with Gasteiger partial charge in [-0.15, -0.1) is 0 Å². The van der Waals surface area contributed by atoms with Gasteiger partial charge in [0.25, 0.3) is 0 Å². The molecule has 1 fully saturated rings. The number of benzene rings is 1. The minimum atomic E-state index is 0.0630. The van der Waals surface area contributed by atoms with Gasteiger partial charge < -0.3 is 10.6 Å². The SMILES string of the molecule is CC(NC(=O)CCC1CCNCC1)c1cccc(Br)c1. The van der Waals surface area contributed by atoms with Crippen molar-refractivity contribution in [3.63, 3.8) is 0 Å². The normalized spacial score (nSPS) is 17.7. The van der Waals surface area contributed by atoms with Crippen molar-refractivity contribution < 1.29 is 4.79 Å². The molecule has 1 aromatic rings. The predicted octanol–water partition coefficient (Wildman–Crippen LogP) is 3.41. The molecule has 20 heavy (non-hydrogen) atoms. The zero-order valence-corrected chi connectivity index (χ0v) is 13.6. The van der Waals surface area contributed by atoms with Crippen molar-refractivity contribution in [2.75, 3.05) is 13.1 Å². The van der Waals surface area contributed by atoms with Crippen LogP contribution in [0.25, 0.3) is 0 Å². The molecular formula is C16H23BrN2O. The number of piperidine rings is 1. The second kappa shape index (κ2) is 7.79. The van der Waals surface area contributed by atoms with Crippen LogP contribution in [-0.4, -0.2) is 19.0 Å². The van der Waals surface area contributed by atoms with Crippen LogP contribution in [0, 0.1) is 5.92 Å². The van der Waals surface area contributed by atoms with Gasteiger partial charge >= 0.3 is 0 Å². The van der Waals surface area contributed by atoms with Crippen molar-refractivity contribution in [2.24, 2.45) is 5.92 Å². The maximum atomic E-state index is 12.0. The van der Waals surface area contributed by atoms with Gasteiger partial charge in [-0.1, -0.05) is 28.1 Å². The van der Waals surface area contributed by atoms with Gasteiger partial charge in [-0.2, -0.15) is 0 Å². The summed E-state index contributed by atoms with van der Waals surface area (Å²) in [5.74, 6) is 0.874. The predicted molar refractivity (Wildman–Crippen MR) is 85.5 cm³/mol. The summed E-state index contributed by atoms with van der Waals surface area (Å²) in [6, 6.07) is 8.15. The van der Waals surface area contributed by atoms with Crippen LogP contribution in [-0.2, 0) is 4.79 Å². The average Bonchev–Trinajstić information content (AvgIpc) is 2.46. The summed E-state index contributed by atoms with van der Waals surface area (Å²) in [6.45, 7) is 4.23. The Morgan fingerprint density at radius 1 is 1.45 bits per heavy atom. The smallest absolute Gasteiger partial charge is 0.220 e. The number of hydrogen-bond acceptors (Lipinski definition) is 2. The van der Waals surface area contributed by atoms with Crippen molar-refractivity contribution in [1.82, 2.24) is 10.6 Å². The van der Waals surface area contributed by atoms with E-state index in [1.165, 1.54) is 12.8 Å². The van der Waals surface area contributed by atoms with Crippen molar-refractivity contribution in [2.45, 2.75) is 38.6 Å². The highest BCUT2D eigenvalue weighted by molar-refractivity contribution is 9.10. The Morgan fingerprint density at radius 2 is 2.20 bits per heavy atom. The number of halogens is 1. The molecule has 1 heterocycles. The molecule has 1 atom stereocenters. The number of carbonyl (C=O) groups is 1. The highest BCUT2D eigenvalue weighted by Crippen LogP contribution is 2.20. The standard InChI is InChI=1S/C16H23BrN2O/c1-12(14-3-2-4-15(17)11-14)19-16(20)6-5-13-7-9-18-10-8-13/h2-4,11-13,18H,5-10H2,1H3,(H,19,20). The first-order valence-corrected chi connectivity index (χ1v) is 8.20. The molecule has 1 aliphatic heterocycles. The van der Waals surface area contributed by atoms with Crippen molar-refractivity contribution >= 4 is 21.8 Å². The maximum Gasteiger partial charge on any atom is 0.220 e. The van der Waals surface area contributed by atoms with Crippen molar-refractivity contribution in [3.8, 4) is 0 Å². The van der Waals surface area contributed by atoms with Gasteiger partial charge in [0.15, 0.2) is 0 Å². The number of rotatable bonds is 5. The molecule has 0 aliphatic carbocycles. The Hall–Kier alpha value is -0.870. The third kappa shape index (κ3) is 4.91. The molecule has 3 nitrogen and oxygen atoms in total. The molecule has 1 saturated heterocycles. The Morgan fingerprint density at radius 3 is 2.90 bits per heavy atom. The van der Waals surface area contributed by atoms with Gasteiger partial charge in [0.05, 0.1) is 6.04 Å². The van der Waals surface area contributed by atoms with Gasteiger partial charge in [0.1, 0.15) is 0 Å². The Labute approximate surface area is 129 Å². The van der Waals surface area contributed by atoms with E-state index in [0.717, 1.165) is 29.5 Å². The highest BCUT2D eigenvalue weighted by Gasteiger charge is 2.15. The zero-order valence-electron chi connectivity index (χ0n) is 12.0. The van der Waals surface area contributed by atoms with E-state index in [2.05, 4.69) is 32.6 Å². The summed E-state index contributed by atoms with van der Waals surface area (Å²) in [5, 5.41) is 6.44. The molecule has 0 bridgehead atoms. The summed E-state index contributed by atoms with van der Waals surface area (Å²) >= 11 is 3.46. The van der Waals surface area contributed by atoms with Crippen LogP contribution >= 0.6 is 15.9 Å². The zero-order chi connectivity index (χ0) is 14.4. The third-order valence-corrected chi connectivity index (χ3v) is 4.46. The first-order chi connectivity index (χ1) is 9.65. The molecular weight excluding hydrogens is 316 g/mol. The fourth-order valence-corrected chi connectivity index (χ4v) is 3.10. The highest BCUT2D eigenvalue weighted by atomic mass is 79.9. The number of amides is 1. The van der Waals surface area contributed by atoms with Crippen molar-refractivity contribution in [3.05, 3.63) is 34.3 Å². The lowest BCUT2D eigenvalue weighted by Crippen LogP contribution is -2.30. The summed E-state index contributed by atoms with van der Waals surface area (Å²) in [5.41, 5.74) is 1.13. The topological polar surface area (TPSA) is 41.1 Å². The molecule has 0 saturated carbocycles. The quantitative estimate of drug-likeness (QED) is 0.863. The average molecular weight is 339 g/mol. The van der Waals surface area contributed by atoms with Crippen LogP contribution in [0.2, 0.25) is 0 Å². The van der Waals surface area contributed by atoms with E-state index < -0.39 is 0 Å². The lowest BCUT2D eigenvalue weighted by molar-refractivity contribution is -0.122. The minimum Gasteiger partial charge on any atom is -0.350 e. The van der Waals surface area contributed by atoms with Crippen LogP contribution in [0.3, 0.4) is 0 Å². The van der Waals surface area contributed by atoms with Gasteiger partial charge in [0.2, 0.25) is 5.91 Å². The summed E-state index contributed by atoms with van der Waals surface area (Å²) in [7, 11) is 0. The first kappa shape index (κ1) is 15.5. The number of carbonyl (C=O) groups excluding carboxylic acids is 1. The van der Waals surface area contributed by atoms with Crippen LogP contribution in [0.1, 0.15) is 44.2 Å². The van der Waals surface area contributed by atoms with Gasteiger partial charge in [0, 0.05) is 10.9 Å². The monoisotopic (exact) mass is 338 g/mol. The van der Waals surface area contributed by atoms with E-state index in [1.807, 2.05) is 25.1 Å². The van der Waals surface area contributed by atoms with Gasteiger partial charge in [-0.3, -0.25) is 4.79 Å². The molecule has 0 radical (unpaired) electrons. The Kier molecular flexibility index (Phi) is 6.05. The Bertz CT molecular complexity index is 444. The number of hydrogen-bond donors (Lipinski definition) is 2. The molecule has 0 spiro atoms. The molecule has 2 rings (SSSR count). The van der Waals surface area contributed by atoms with Gasteiger partial charge in [-0.05, 0) is 62.9 Å². The largest absolute Gasteiger partial charge is 0.350 e. The Balaban J connectivity index is 1.76. The van der Waals surface area contributed by atoms with E-state index in [9.17, 15) is 4.79 Å². The molecule has 1 unspecified atom stereocenters. The summed E-state index contributed by atoms with van der Waals surface area (Å²) in [6.07, 6.45) is 4.06. The third-order valence-electron chi connectivity index (χ3n) is 3.96. The van der Waals surface area contributed by atoms with Crippen molar-refractivity contribution in [1.29, 1.82) is 0 Å². The van der Waals surface area contributed by atoms with Gasteiger partial charge in [-0.25, -0.2) is 0 Å². The van der Waals surface area contributed by atoms with E-state index in [0.29, 0.717) is 12.3 Å². The maximum absolute atomic E-state index is 12.0. The minimum absolute atomic E-state index is 0.0630. The van der Waals surface area contributed by atoms with E-state index in [4.69, 9.17) is 0 Å². The first-order valence-electron chi connectivity index (χ1n) is 7.40. The lowest BCUT2D eigenvalue weighted by Gasteiger charge is -2.22.